The number of hydrogen-bond donors (Lipinski definition) is 1. The summed E-state index contributed by atoms with van der Waals surface area (Å²) in [6.07, 6.45) is 2.30. The number of carbonyl (C=O) groups excluding carboxylic acids is 1. The first kappa shape index (κ1) is 23.1. The minimum Gasteiger partial charge on any atom is -0.475 e. The summed E-state index contributed by atoms with van der Waals surface area (Å²) in [5, 5.41) is 15.5. The molecule has 0 unspecified atom stereocenters. The first-order chi connectivity index (χ1) is 15.7. The standard InChI is InChI=1S/C19H22N4O3.C2HF3O2/c24-19(13-2-1-6-20-9-13)23-7-5-15-14(10-23)11-25-16(15)8-17-21-22-18(26-17)12-3-4-12;3-2(4,5)1(6)7/h1-2,6,9,12,14-16H,3-5,7-8,10-11H2;(H,6,7)/t14-,15-,16+;/m1./s1. The molecular weight excluding hydrogens is 445 g/mol. The number of aliphatic carboxylic acids is 1. The maximum atomic E-state index is 12.6. The van der Waals surface area contributed by atoms with Crippen LogP contribution in [0.25, 0.3) is 0 Å². The third-order valence-corrected chi connectivity index (χ3v) is 6.02. The molecule has 5 rings (SSSR count). The summed E-state index contributed by atoms with van der Waals surface area (Å²) in [6, 6.07) is 3.62. The highest BCUT2D eigenvalue weighted by molar-refractivity contribution is 5.93. The Hall–Kier alpha value is -3.02. The van der Waals surface area contributed by atoms with Crippen LogP contribution in [0.4, 0.5) is 13.2 Å². The number of carboxylic acid groups (broad SMARTS) is 1. The molecule has 2 aromatic heterocycles. The van der Waals surface area contributed by atoms with Gasteiger partial charge in [-0.3, -0.25) is 9.78 Å². The molecule has 1 amide bonds. The fourth-order valence-corrected chi connectivity index (χ4v) is 4.17. The molecule has 0 bridgehead atoms. The molecule has 2 aliphatic heterocycles. The van der Waals surface area contributed by atoms with Gasteiger partial charge in [0, 0.05) is 37.3 Å². The van der Waals surface area contributed by atoms with Crippen LogP contribution in [0.15, 0.2) is 28.9 Å². The van der Waals surface area contributed by atoms with E-state index in [-0.39, 0.29) is 12.0 Å². The van der Waals surface area contributed by atoms with Gasteiger partial charge < -0.3 is 19.2 Å². The second-order valence-corrected chi connectivity index (χ2v) is 8.39. The molecule has 2 aromatic rings. The molecule has 12 heteroatoms. The van der Waals surface area contributed by atoms with Crippen LogP contribution >= 0.6 is 0 Å². The third-order valence-electron chi connectivity index (χ3n) is 6.02. The monoisotopic (exact) mass is 468 g/mol. The van der Waals surface area contributed by atoms with Gasteiger partial charge in [-0.1, -0.05) is 0 Å². The van der Waals surface area contributed by atoms with E-state index in [0.29, 0.717) is 42.2 Å². The molecule has 1 aliphatic carbocycles. The van der Waals surface area contributed by atoms with Crippen LogP contribution in [0.2, 0.25) is 0 Å². The average Bonchev–Trinajstić information content (AvgIpc) is 3.42. The molecule has 33 heavy (non-hydrogen) atoms. The number of ether oxygens (including phenoxy) is 1. The quantitative estimate of drug-likeness (QED) is 0.728. The minimum atomic E-state index is -5.08. The number of amides is 1. The normalized spacial score (nSPS) is 24.6. The van der Waals surface area contributed by atoms with Crippen molar-refractivity contribution in [3.8, 4) is 0 Å². The zero-order chi connectivity index (χ0) is 23.6. The third kappa shape index (κ3) is 5.67. The summed E-state index contributed by atoms with van der Waals surface area (Å²) >= 11 is 0. The molecule has 1 saturated carbocycles. The van der Waals surface area contributed by atoms with Gasteiger partial charge in [-0.15, -0.1) is 10.2 Å². The van der Waals surface area contributed by atoms with Crippen LogP contribution in [-0.4, -0.2) is 69.0 Å². The van der Waals surface area contributed by atoms with Crippen molar-refractivity contribution in [3.63, 3.8) is 0 Å². The van der Waals surface area contributed by atoms with Gasteiger partial charge in [-0.25, -0.2) is 4.79 Å². The lowest BCUT2D eigenvalue weighted by Gasteiger charge is -2.35. The number of piperidine rings is 1. The first-order valence-corrected chi connectivity index (χ1v) is 10.7. The van der Waals surface area contributed by atoms with Gasteiger partial charge in [0.1, 0.15) is 0 Å². The van der Waals surface area contributed by atoms with Gasteiger partial charge >= 0.3 is 12.1 Å². The van der Waals surface area contributed by atoms with E-state index in [1.54, 1.807) is 18.5 Å². The fraction of sp³-hybridized carbons (Fsp3) is 0.571. The molecule has 4 heterocycles. The van der Waals surface area contributed by atoms with Crippen LogP contribution in [-0.2, 0) is 16.0 Å². The minimum absolute atomic E-state index is 0.0611. The molecule has 9 nitrogen and oxygen atoms in total. The zero-order valence-electron chi connectivity index (χ0n) is 17.6. The van der Waals surface area contributed by atoms with Crippen LogP contribution in [0.1, 0.15) is 47.3 Å². The highest BCUT2D eigenvalue weighted by atomic mass is 19.4. The number of carbonyl (C=O) groups is 2. The molecule has 3 aliphatic rings. The number of halogens is 3. The lowest BCUT2D eigenvalue weighted by molar-refractivity contribution is -0.192. The Morgan fingerprint density at radius 2 is 1.97 bits per heavy atom. The number of aromatic nitrogens is 3. The Morgan fingerprint density at radius 1 is 1.21 bits per heavy atom. The van der Waals surface area contributed by atoms with Crippen molar-refractivity contribution in [2.45, 2.75) is 43.9 Å². The van der Waals surface area contributed by atoms with Crippen molar-refractivity contribution >= 4 is 11.9 Å². The summed E-state index contributed by atoms with van der Waals surface area (Å²) in [6.45, 7) is 2.19. The van der Waals surface area contributed by atoms with E-state index in [1.807, 2.05) is 11.0 Å². The zero-order valence-corrected chi connectivity index (χ0v) is 17.6. The molecule has 0 radical (unpaired) electrons. The predicted octanol–water partition coefficient (Wildman–Crippen LogP) is 2.70. The van der Waals surface area contributed by atoms with E-state index in [9.17, 15) is 18.0 Å². The molecule has 3 fully saturated rings. The summed E-state index contributed by atoms with van der Waals surface area (Å²) in [5.41, 5.74) is 0.653. The number of alkyl halides is 3. The fourth-order valence-electron chi connectivity index (χ4n) is 4.17. The smallest absolute Gasteiger partial charge is 0.475 e. The predicted molar refractivity (Wildman–Crippen MR) is 105 cm³/mol. The summed E-state index contributed by atoms with van der Waals surface area (Å²) in [7, 11) is 0. The molecule has 2 saturated heterocycles. The largest absolute Gasteiger partial charge is 0.490 e. The van der Waals surface area contributed by atoms with Gasteiger partial charge in [0.15, 0.2) is 0 Å². The lowest BCUT2D eigenvalue weighted by atomic mass is 9.83. The van der Waals surface area contributed by atoms with Crippen LogP contribution < -0.4 is 0 Å². The topological polar surface area (TPSA) is 119 Å². The molecule has 0 spiro atoms. The maximum absolute atomic E-state index is 12.6. The number of carboxylic acids is 1. The summed E-state index contributed by atoms with van der Waals surface area (Å²) in [4.78, 5) is 27.5. The molecule has 3 atom stereocenters. The molecule has 1 N–H and O–H groups in total. The number of nitrogens with zero attached hydrogens (tertiary/aromatic N) is 4. The van der Waals surface area contributed by atoms with E-state index in [2.05, 4.69) is 15.2 Å². The van der Waals surface area contributed by atoms with Gasteiger partial charge in [0.25, 0.3) is 5.91 Å². The van der Waals surface area contributed by atoms with Gasteiger partial charge in [0.2, 0.25) is 11.8 Å². The van der Waals surface area contributed by atoms with Crippen molar-refractivity contribution in [3.05, 3.63) is 41.9 Å². The summed E-state index contributed by atoms with van der Waals surface area (Å²) < 4.78 is 43.6. The number of fused-ring (bicyclic) bond motifs is 1. The van der Waals surface area contributed by atoms with Crippen molar-refractivity contribution in [2.75, 3.05) is 19.7 Å². The van der Waals surface area contributed by atoms with Crippen LogP contribution in [0, 0.1) is 11.8 Å². The first-order valence-electron chi connectivity index (χ1n) is 10.7. The number of pyridine rings is 1. The van der Waals surface area contributed by atoms with E-state index in [4.69, 9.17) is 19.1 Å². The van der Waals surface area contributed by atoms with E-state index in [1.165, 1.54) is 0 Å². The maximum Gasteiger partial charge on any atom is 0.490 e. The number of rotatable bonds is 4. The van der Waals surface area contributed by atoms with Crippen LogP contribution in [0.3, 0.4) is 0 Å². The summed E-state index contributed by atoms with van der Waals surface area (Å²) in [5.74, 6) is 0.0796. The van der Waals surface area contributed by atoms with Gasteiger partial charge in [-0.2, -0.15) is 13.2 Å². The second-order valence-electron chi connectivity index (χ2n) is 8.39. The highest BCUT2D eigenvalue weighted by Gasteiger charge is 2.43. The van der Waals surface area contributed by atoms with Gasteiger partial charge in [-0.05, 0) is 37.3 Å². The van der Waals surface area contributed by atoms with Crippen molar-refractivity contribution in [1.82, 2.24) is 20.1 Å². The average molecular weight is 468 g/mol. The van der Waals surface area contributed by atoms with Crippen LogP contribution in [0.5, 0.6) is 0 Å². The van der Waals surface area contributed by atoms with Crippen molar-refractivity contribution < 1.29 is 37.0 Å². The van der Waals surface area contributed by atoms with Crippen molar-refractivity contribution in [1.29, 1.82) is 0 Å². The SMILES string of the molecule is O=C(O)C(F)(F)F.O=C(c1cccnc1)N1CC[C@@H]2[C@@H](CO[C@H]2Cc2nnc(C3CC3)o2)C1. The second kappa shape index (κ2) is 9.46. The molecule has 178 valence electrons. The van der Waals surface area contributed by atoms with Crippen molar-refractivity contribution in [2.24, 2.45) is 11.8 Å². The Labute approximate surface area is 186 Å². The lowest BCUT2D eigenvalue weighted by Crippen LogP contribution is -2.44. The van der Waals surface area contributed by atoms with Gasteiger partial charge in [0.05, 0.1) is 24.7 Å². The van der Waals surface area contributed by atoms with E-state index < -0.39 is 12.1 Å². The molecular formula is C21H23F3N4O5. The molecule has 0 aromatic carbocycles. The number of hydrogen-bond acceptors (Lipinski definition) is 7. The Balaban J connectivity index is 0.000000325. The number of likely N-dealkylation sites (tertiary alicyclic amines) is 1. The Bertz CT molecular complexity index is 980. The van der Waals surface area contributed by atoms with E-state index >= 15 is 0 Å². The highest BCUT2D eigenvalue weighted by Crippen LogP contribution is 2.40. The Morgan fingerprint density at radius 3 is 2.61 bits per heavy atom. The van der Waals surface area contributed by atoms with E-state index in [0.717, 1.165) is 38.2 Å². The Kier molecular flexibility index (Phi) is 6.63.